The first-order chi connectivity index (χ1) is 10.2. The number of amides is 1. The van der Waals surface area contributed by atoms with E-state index in [0.29, 0.717) is 18.3 Å². The Hall–Kier alpha value is -2.28. The number of carbonyl (C=O) groups is 1. The van der Waals surface area contributed by atoms with Crippen molar-refractivity contribution in [3.63, 3.8) is 0 Å². The summed E-state index contributed by atoms with van der Waals surface area (Å²) < 4.78 is 1.60. The van der Waals surface area contributed by atoms with Gasteiger partial charge >= 0.3 is 0 Å². The number of aromatic nitrogens is 4. The van der Waals surface area contributed by atoms with Crippen LogP contribution < -0.4 is 10.6 Å². The minimum atomic E-state index is 0.0105. The molecule has 1 saturated carbocycles. The SMILES string of the molecule is Cn1nnnc1-c1cccc(NC(=O)CCNC2CC2)c1. The van der Waals surface area contributed by atoms with Crippen LogP contribution in [0.5, 0.6) is 0 Å². The fourth-order valence-electron chi connectivity index (χ4n) is 2.11. The molecule has 1 heterocycles. The molecule has 0 radical (unpaired) electrons. The molecule has 21 heavy (non-hydrogen) atoms. The van der Waals surface area contributed by atoms with Crippen LogP contribution in [0.1, 0.15) is 19.3 Å². The molecular weight excluding hydrogens is 268 g/mol. The smallest absolute Gasteiger partial charge is 0.225 e. The Morgan fingerprint density at radius 1 is 1.43 bits per heavy atom. The van der Waals surface area contributed by atoms with Gasteiger partial charge in [-0.15, -0.1) is 5.10 Å². The summed E-state index contributed by atoms with van der Waals surface area (Å²) >= 11 is 0. The minimum absolute atomic E-state index is 0.0105. The van der Waals surface area contributed by atoms with E-state index in [0.717, 1.165) is 17.8 Å². The van der Waals surface area contributed by atoms with Gasteiger partial charge in [-0.2, -0.15) is 0 Å². The molecule has 3 rings (SSSR count). The van der Waals surface area contributed by atoms with Crippen LogP contribution in [-0.4, -0.2) is 38.7 Å². The molecule has 1 amide bonds. The fourth-order valence-corrected chi connectivity index (χ4v) is 2.11. The summed E-state index contributed by atoms with van der Waals surface area (Å²) in [5.74, 6) is 0.679. The molecule has 2 N–H and O–H groups in total. The molecule has 2 aromatic rings. The maximum Gasteiger partial charge on any atom is 0.225 e. The van der Waals surface area contributed by atoms with Crippen molar-refractivity contribution in [3.8, 4) is 11.4 Å². The number of hydrogen-bond donors (Lipinski definition) is 2. The van der Waals surface area contributed by atoms with E-state index in [1.807, 2.05) is 24.3 Å². The molecule has 0 saturated heterocycles. The van der Waals surface area contributed by atoms with Gasteiger partial charge in [-0.3, -0.25) is 4.79 Å². The number of aryl methyl sites for hydroxylation is 1. The van der Waals surface area contributed by atoms with Gasteiger partial charge < -0.3 is 10.6 Å². The first-order valence-corrected chi connectivity index (χ1v) is 7.08. The van der Waals surface area contributed by atoms with E-state index in [1.165, 1.54) is 12.8 Å². The van der Waals surface area contributed by atoms with E-state index in [2.05, 4.69) is 26.2 Å². The first-order valence-electron chi connectivity index (χ1n) is 7.08. The quantitative estimate of drug-likeness (QED) is 0.826. The lowest BCUT2D eigenvalue weighted by Crippen LogP contribution is -2.23. The van der Waals surface area contributed by atoms with E-state index in [1.54, 1.807) is 11.7 Å². The average Bonchev–Trinajstić information content (AvgIpc) is 3.19. The maximum absolute atomic E-state index is 11.9. The Morgan fingerprint density at radius 2 is 2.29 bits per heavy atom. The standard InChI is InChI=1S/C14H18N6O/c1-20-14(17-18-19-20)10-3-2-4-12(9-10)16-13(21)7-8-15-11-5-6-11/h2-4,9,11,15H,5-8H2,1H3,(H,16,21). The highest BCUT2D eigenvalue weighted by Crippen LogP contribution is 2.20. The Balaban J connectivity index is 1.60. The van der Waals surface area contributed by atoms with Gasteiger partial charge in [-0.25, -0.2) is 4.68 Å². The van der Waals surface area contributed by atoms with Crippen molar-refractivity contribution in [2.45, 2.75) is 25.3 Å². The van der Waals surface area contributed by atoms with Crippen LogP contribution in [0.15, 0.2) is 24.3 Å². The lowest BCUT2D eigenvalue weighted by atomic mass is 10.2. The maximum atomic E-state index is 11.9. The van der Waals surface area contributed by atoms with Crippen LogP contribution in [0.25, 0.3) is 11.4 Å². The molecule has 0 unspecified atom stereocenters. The molecular formula is C14H18N6O. The molecule has 1 aliphatic carbocycles. The highest BCUT2D eigenvalue weighted by Gasteiger charge is 2.20. The number of tetrazole rings is 1. The Kier molecular flexibility index (Phi) is 3.92. The predicted molar refractivity (Wildman–Crippen MR) is 78.5 cm³/mol. The highest BCUT2D eigenvalue weighted by molar-refractivity contribution is 5.91. The normalized spacial score (nSPS) is 14.1. The second kappa shape index (κ2) is 6.01. The van der Waals surface area contributed by atoms with Gasteiger partial charge in [0, 0.05) is 37.3 Å². The number of rotatable bonds is 6. The molecule has 1 aliphatic rings. The lowest BCUT2D eigenvalue weighted by molar-refractivity contribution is -0.116. The van der Waals surface area contributed by atoms with Crippen LogP contribution in [0.4, 0.5) is 5.69 Å². The zero-order chi connectivity index (χ0) is 14.7. The first kappa shape index (κ1) is 13.7. The minimum Gasteiger partial charge on any atom is -0.326 e. The number of nitrogens with one attached hydrogen (secondary N) is 2. The summed E-state index contributed by atoms with van der Waals surface area (Å²) in [5.41, 5.74) is 1.63. The number of anilines is 1. The number of benzene rings is 1. The van der Waals surface area contributed by atoms with Crippen molar-refractivity contribution in [3.05, 3.63) is 24.3 Å². The van der Waals surface area contributed by atoms with Gasteiger partial charge in [-0.1, -0.05) is 12.1 Å². The summed E-state index contributed by atoms with van der Waals surface area (Å²) in [4.78, 5) is 11.9. The molecule has 0 bridgehead atoms. The predicted octanol–water partition coefficient (Wildman–Crippen LogP) is 0.958. The van der Waals surface area contributed by atoms with Crippen molar-refractivity contribution in [1.29, 1.82) is 0 Å². The summed E-state index contributed by atoms with van der Waals surface area (Å²) in [6.07, 6.45) is 2.94. The Labute approximate surface area is 122 Å². The van der Waals surface area contributed by atoms with Gasteiger partial charge in [0.05, 0.1) is 0 Å². The molecule has 0 atom stereocenters. The Morgan fingerprint density at radius 3 is 3.00 bits per heavy atom. The topological polar surface area (TPSA) is 84.7 Å². The Bertz CT molecular complexity index is 634. The van der Waals surface area contributed by atoms with Crippen LogP contribution in [0.2, 0.25) is 0 Å². The van der Waals surface area contributed by atoms with Gasteiger partial charge in [0.2, 0.25) is 5.91 Å². The van der Waals surface area contributed by atoms with Crippen LogP contribution in [-0.2, 0) is 11.8 Å². The largest absolute Gasteiger partial charge is 0.326 e. The third kappa shape index (κ3) is 3.63. The van der Waals surface area contributed by atoms with Crippen molar-refractivity contribution in [1.82, 2.24) is 25.5 Å². The molecule has 0 aliphatic heterocycles. The molecule has 1 fully saturated rings. The zero-order valence-corrected chi connectivity index (χ0v) is 11.9. The molecule has 1 aromatic carbocycles. The van der Waals surface area contributed by atoms with E-state index in [-0.39, 0.29) is 5.91 Å². The van der Waals surface area contributed by atoms with Crippen LogP contribution in [0.3, 0.4) is 0 Å². The molecule has 110 valence electrons. The van der Waals surface area contributed by atoms with E-state index in [4.69, 9.17) is 0 Å². The van der Waals surface area contributed by atoms with Crippen molar-refractivity contribution in [2.24, 2.45) is 7.05 Å². The second-order valence-corrected chi connectivity index (χ2v) is 5.23. The summed E-state index contributed by atoms with van der Waals surface area (Å²) in [6, 6.07) is 8.15. The molecule has 0 spiro atoms. The fraction of sp³-hybridized carbons (Fsp3) is 0.429. The van der Waals surface area contributed by atoms with Crippen molar-refractivity contribution < 1.29 is 4.79 Å². The zero-order valence-electron chi connectivity index (χ0n) is 11.9. The summed E-state index contributed by atoms with van der Waals surface area (Å²) in [6.45, 7) is 0.726. The van der Waals surface area contributed by atoms with Gasteiger partial charge in [-0.05, 0) is 35.4 Å². The number of hydrogen-bond acceptors (Lipinski definition) is 5. The summed E-state index contributed by atoms with van der Waals surface area (Å²) in [5, 5.41) is 17.6. The molecule has 1 aromatic heterocycles. The second-order valence-electron chi connectivity index (χ2n) is 5.23. The van der Waals surface area contributed by atoms with Crippen molar-refractivity contribution in [2.75, 3.05) is 11.9 Å². The monoisotopic (exact) mass is 286 g/mol. The third-order valence-corrected chi connectivity index (χ3v) is 3.39. The summed E-state index contributed by atoms with van der Waals surface area (Å²) in [7, 11) is 1.78. The molecule has 7 heteroatoms. The number of carbonyl (C=O) groups excluding carboxylic acids is 1. The van der Waals surface area contributed by atoms with E-state index < -0.39 is 0 Å². The lowest BCUT2D eigenvalue weighted by Gasteiger charge is -2.07. The highest BCUT2D eigenvalue weighted by atomic mass is 16.1. The van der Waals surface area contributed by atoms with Crippen LogP contribution in [0, 0.1) is 0 Å². The van der Waals surface area contributed by atoms with Crippen molar-refractivity contribution >= 4 is 11.6 Å². The number of nitrogens with zero attached hydrogens (tertiary/aromatic N) is 4. The van der Waals surface area contributed by atoms with E-state index >= 15 is 0 Å². The van der Waals surface area contributed by atoms with E-state index in [9.17, 15) is 4.79 Å². The van der Waals surface area contributed by atoms with Gasteiger partial charge in [0.1, 0.15) is 0 Å². The van der Waals surface area contributed by atoms with Gasteiger partial charge in [0.15, 0.2) is 5.82 Å². The third-order valence-electron chi connectivity index (χ3n) is 3.39. The molecule has 7 nitrogen and oxygen atoms in total. The average molecular weight is 286 g/mol. The van der Waals surface area contributed by atoms with Crippen LogP contribution >= 0.6 is 0 Å². The van der Waals surface area contributed by atoms with Gasteiger partial charge in [0.25, 0.3) is 0 Å².